The summed E-state index contributed by atoms with van der Waals surface area (Å²) in [7, 11) is 1.55. The largest absolute Gasteiger partial charge is 0.494 e. The molecule has 2 aromatic carbocycles. The van der Waals surface area contributed by atoms with Crippen molar-refractivity contribution in [3.63, 3.8) is 0 Å². The van der Waals surface area contributed by atoms with Crippen molar-refractivity contribution in [1.29, 1.82) is 0 Å². The van der Waals surface area contributed by atoms with Crippen LogP contribution in [0.5, 0.6) is 5.75 Å². The minimum absolute atomic E-state index is 0.628. The van der Waals surface area contributed by atoms with Crippen LogP contribution in [0.15, 0.2) is 42.5 Å². The summed E-state index contributed by atoms with van der Waals surface area (Å²) in [5, 5.41) is 9.24. The van der Waals surface area contributed by atoms with Gasteiger partial charge in [0.2, 0.25) is 0 Å². The molecule has 1 amide bonds. The van der Waals surface area contributed by atoms with Gasteiger partial charge in [-0.05, 0) is 61.6 Å². The van der Waals surface area contributed by atoms with Gasteiger partial charge >= 0.3 is 6.09 Å². The summed E-state index contributed by atoms with van der Waals surface area (Å²) in [5.41, 5.74) is 3.71. The molecule has 1 heterocycles. The van der Waals surface area contributed by atoms with Crippen LogP contribution in [0.3, 0.4) is 0 Å². The maximum absolute atomic E-state index is 11.3. The van der Waals surface area contributed by atoms with Gasteiger partial charge in [-0.15, -0.1) is 0 Å². The lowest BCUT2D eigenvalue weighted by Gasteiger charge is -2.13. The molecule has 1 aromatic heterocycles. The number of aromatic nitrogens is 2. The highest BCUT2D eigenvalue weighted by molar-refractivity contribution is 5.89. The van der Waals surface area contributed by atoms with Crippen LogP contribution in [0.25, 0.3) is 11.0 Å². The molecule has 0 unspecified atom stereocenters. The Morgan fingerprint density at radius 3 is 2.64 bits per heavy atom. The Kier molecular flexibility index (Phi) is 4.94. The predicted molar refractivity (Wildman–Crippen MR) is 109 cm³/mol. The van der Waals surface area contributed by atoms with Gasteiger partial charge < -0.3 is 14.4 Å². The van der Waals surface area contributed by atoms with Gasteiger partial charge in [0.15, 0.2) is 0 Å². The maximum atomic E-state index is 11.3. The molecule has 0 bridgehead atoms. The number of amides is 1. The zero-order chi connectivity index (χ0) is 19.7. The fraction of sp³-hybridized carbons (Fsp3) is 0.364. The van der Waals surface area contributed by atoms with E-state index in [1.54, 1.807) is 7.05 Å². The lowest BCUT2D eigenvalue weighted by Crippen LogP contribution is -2.23. The molecule has 6 heteroatoms. The Morgan fingerprint density at radius 1 is 1.25 bits per heavy atom. The molecule has 1 aliphatic carbocycles. The minimum atomic E-state index is -0.980. The van der Waals surface area contributed by atoms with Crippen molar-refractivity contribution in [2.45, 2.75) is 32.7 Å². The second-order valence-corrected chi connectivity index (χ2v) is 7.35. The van der Waals surface area contributed by atoms with Gasteiger partial charge in [0, 0.05) is 25.7 Å². The third-order valence-electron chi connectivity index (χ3n) is 5.22. The van der Waals surface area contributed by atoms with Crippen molar-refractivity contribution in [2.75, 3.05) is 18.6 Å². The summed E-state index contributed by atoms with van der Waals surface area (Å²) in [6.45, 7) is 3.60. The Morgan fingerprint density at radius 2 is 2.00 bits per heavy atom. The SMILES string of the molecule is CCOc1ccc(Cc2nc3cc(N(C)C(=O)O)ccc3n2CC2CC2)cc1. The second-order valence-electron chi connectivity index (χ2n) is 7.35. The average Bonchev–Trinajstić information content (AvgIpc) is 3.45. The number of ether oxygens (including phenoxy) is 1. The highest BCUT2D eigenvalue weighted by Gasteiger charge is 2.24. The van der Waals surface area contributed by atoms with Crippen molar-refractivity contribution in [3.8, 4) is 5.75 Å². The van der Waals surface area contributed by atoms with Crippen molar-refractivity contribution < 1.29 is 14.6 Å². The fourth-order valence-corrected chi connectivity index (χ4v) is 3.44. The quantitative estimate of drug-likeness (QED) is 0.654. The Hall–Kier alpha value is -3.02. The van der Waals surface area contributed by atoms with Crippen LogP contribution < -0.4 is 9.64 Å². The van der Waals surface area contributed by atoms with Crippen LogP contribution in [-0.4, -0.2) is 34.4 Å². The zero-order valence-electron chi connectivity index (χ0n) is 16.3. The van der Waals surface area contributed by atoms with E-state index >= 15 is 0 Å². The number of anilines is 1. The van der Waals surface area contributed by atoms with E-state index in [2.05, 4.69) is 16.7 Å². The molecule has 6 nitrogen and oxygen atoms in total. The van der Waals surface area contributed by atoms with Gasteiger partial charge in [-0.1, -0.05) is 12.1 Å². The number of nitrogens with zero attached hydrogens (tertiary/aromatic N) is 3. The van der Waals surface area contributed by atoms with Crippen molar-refractivity contribution in [1.82, 2.24) is 9.55 Å². The number of hydrogen-bond acceptors (Lipinski definition) is 3. The lowest BCUT2D eigenvalue weighted by molar-refractivity contribution is 0.203. The summed E-state index contributed by atoms with van der Waals surface area (Å²) < 4.78 is 7.82. The third kappa shape index (κ3) is 3.81. The molecule has 0 spiro atoms. The first-order valence-electron chi connectivity index (χ1n) is 9.72. The van der Waals surface area contributed by atoms with E-state index in [4.69, 9.17) is 9.72 Å². The Bertz CT molecular complexity index is 990. The molecule has 3 aromatic rings. The average molecular weight is 379 g/mol. The highest BCUT2D eigenvalue weighted by Crippen LogP contribution is 2.33. The molecule has 146 valence electrons. The fourth-order valence-electron chi connectivity index (χ4n) is 3.44. The number of rotatable bonds is 7. The number of carbonyl (C=O) groups is 1. The second kappa shape index (κ2) is 7.54. The van der Waals surface area contributed by atoms with Crippen molar-refractivity contribution in [2.24, 2.45) is 5.92 Å². The third-order valence-corrected chi connectivity index (χ3v) is 5.22. The monoisotopic (exact) mass is 379 g/mol. The van der Waals surface area contributed by atoms with E-state index in [9.17, 15) is 9.90 Å². The van der Waals surface area contributed by atoms with Gasteiger partial charge in [-0.2, -0.15) is 0 Å². The molecule has 1 N–H and O–H groups in total. The number of fused-ring (bicyclic) bond motifs is 1. The Labute approximate surface area is 164 Å². The molecule has 0 atom stereocenters. The van der Waals surface area contributed by atoms with Crippen molar-refractivity contribution in [3.05, 3.63) is 53.9 Å². The molecule has 28 heavy (non-hydrogen) atoms. The molecule has 0 aliphatic heterocycles. The predicted octanol–water partition coefficient (Wildman–Crippen LogP) is 4.55. The minimum Gasteiger partial charge on any atom is -0.494 e. The van der Waals surface area contributed by atoms with Crippen molar-refractivity contribution >= 4 is 22.8 Å². The van der Waals surface area contributed by atoms with E-state index < -0.39 is 6.09 Å². The number of hydrogen-bond donors (Lipinski definition) is 1. The summed E-state index contributed by atoms with van der Waals surface area (Å²) in [4.78, 5) is 17.3. The summed E-state index contributed by atoms with van der Waals surface area (Å²) >= 11 is 0. The standard InChI is InChI=1S/C22H25N3O3/c1-3-28-18-9-6-15(7-10-18)12-21-23-19-13-17(24(2)22(26)27)8-11-20(19)25(21)14-16-4-5-16/h6-11,13,16H,3-5,12,14H2,1-2H3,(H,26,27). The molecule has 1 aliphatic rings. The Balaban J connectivity index is 1.67. The maximum Gasteiger partial charge on any atom is 0.411 e. The summed E-state index contributed by atoms with van der Waals surface area (Å²) in [5.74, 6) is 2.61. The molecular weight excluding hydrogens is 354 g/mol. The number of benzene rings is 2. The van der Waals surface area contributed by atoms with E-state index in [1.807, 2.05) is 37.3 Å². The molecule has 0 radical (unpaired) electrons. The van der Waals surface area contributed by atoms with Crippen LogP contribution >= 0.6 is 0 Å². The normalized spacial score (nSPS) is 13.6. The molecule has 1 saturated carbocycles. The smallest absolute Gasteiger partial charge is 0.411 e. The van der Waals surface area contributed by atoms with Crippen LogP contribution in [0, 0.1) is 5.92 Å². The zero-order valence-corrected chi connectivity index (χ0v) is 16.3. The van der Waals surface area contributed by atoms with E-state index in [1.165, 1.54) is 23.3 Å². The molecule has 0 saturated heterocycles. The van der Waals surface area contributed by atoms with Gasteiger partial charge in [-0.25, -0.2) is 9.78 Å². The number of carboxylic acid groups (broad SMARTS) is 1. The number of imidazole rings is 1. The van der Waals surface area contributed by atoms with Gasteiger partial charge in [0.25, 0.3) is 0 Å². The van der Waals surface area contributed by atoms with Gasteiger partial charge in [0.05, 0.1) is 17.6 Å². The van der Waals surface area contributed by atoms with E-state index in [-0.39, 0.29) is 0 Å². The summed E-state index contributed by atoms with van der Waals surface area (Å²) in [6.07, 6.45) is 2.29. The van der Waals surface area contributed by atoms with E-state index in [0.717, 1.165) is 41.5 Å². The first-order chi connectivity index (χ1) is 13.5. The molecule has 4 rings (SSSR count). The summed E-state index contributed by atoms with van der Waals surface area (Å²) in [6, 6.07) is 13.8. The van der Waals surface area contributed by atoms with Gasteiger partial charge in [0.1, 0.15) is 11.6 Å². The molecular formula is C22H25N3O3. The first kappa shape index (κ1) is 18.3. The van der Waals surface area contributed by atoms with Gasteiger partial charge in [-0.3, -0.25) is 4.90 Å². The highest BCUT2D eigenvalue weighted by atomic mass is 16.5. The van der Waals surface area contributed by atoms with Crippen LogP contribution in [0.2, 0.25) is 0 Å². The van der Waals surface area contributed by atoms with E-state index in [0.29, 0.717) is 12.3 Å². The van der Waals surface area contributed by atoms with Crippen LogP contribution in [0.1, 0.15) is 31.2 Å². The topological polar surface area (TPSA) is 67.6 Å². The first-order valence-corrected chi connectivity index (χ1v) is 9.72. The van der Waals surface area contributed by atoms with Crippen LogP contribution in [0.4, 0.5) is 10.5 Å². The lowest BCUT2D eigenvalue weighted by atomic mass is 10.1. The molecule has 1 fully saturated rings. The van der Waals surface area contributed by atoms with Crippen LogP contribution in [-0.2, 0) is 13.0 Å².